The van der Waals surface area contributed by atoms with Crippen molar-refractivity contribution in [1.29, 1.82) is 0 Å². The molecule has 1 aromatic rings. The van der Waals surface area contributed by atoms with Crippen LogP contribution in [0.25, 0.3) is 0 Å². The first-order chi connectivity index (χ1) is 9.77. The van der Waals surface area contributed by atoms with E-state index in [1.54, 1.807) is 13.4 Å². The molecule has 20 heavy (non-hydrogen) atoms. The SMILES string of the molecule is COc1ncnc(N2CCNCC23CCCCC3)c1C. The fraction of sp³-hybridized carbons (Fsp3) is 0.733. The molecule has 0 radical (unpaired) electrons. The van der Waals surface area contributed by atoms with E-state index in [1.165, 1.54) is 32.1 Å². The van der Waals surface area contributed by atoms with Crippen molar-refractivity contribution in [2.75, 3.05) is 31.6 Å². The summed E-state index contributed by atoms with van der Waals surface area (Å²) in [6.07, 6.45) is 8.14. The molecule has 1 saturated heterocycles. The molecule has 2 aliphatic rings. The number of nitrogens with zero attached hydrogens (tertiary/aromatic N) is 3. The van der Waals surface area contributed by atoms with Crippen LogP contribution in [-0.4, -0.2) is 42.3 Å². The highest BCUT2D eigenvalue weighted by atomic mass is 16.5. The number of hydrogen-bond acceptors (Lipinski definition) is 5. The van der Waals surface area contributed by atoms with Gasteiger partial charge in [0, 0.05) is 19.6 Å². The van der Waals surface area contributed by atoms with E-state index in [9.17, 15) is 0 Å². The third-order valence-electron chi connectivity index (χ3n) is 4.78. The van der Waals surface area contributed by atoms with Crippen LogP contribution in [0.2, 0.25) is 0 Å². The van der Waals surface area contributed by atoms with Crippen LogP contribution in [0, 0.1) is 6.92 Å². The van der Waals surface area contributed by atoms with Gasteiger partial charge < -0.3 is 15.0 Å². The lowest BCUT2D eigenvalue weighted by atomic mass is 9.79. The summed E-state index contributed by atoms with van der Waals surface area (Å²) >= 11 is 0. The summed E-state index contributed by atoms with van der Waals surface area (Å²) in [5.74, 6) is 1.75. The molecule has 5 nitrogen and oxygen atoms in total. The summed E-state index contributed by atoms with van der Waals surface area (Å²) in [6, 6.07) is 0. The molecule has 1 saturated carbocycles. The highest BCUT2D eigenvalue weighted by Crippen LogP contribution is 2.38. The van der Waals surface area contributed by atoms with E-state index >= 15 is 0 Å². The van der Waals surface area contributed by atoms with E-state index in [1.807, 2.05) is 0 Å². The minimum atomic E-state index is 0.237. The Morgan fingerprint density at radius 2 is 2.05 bits per heavy atom. The van der Waals surface area contributed by atoms with Gasteiger partial charge in [0.2, 0.25) is 5.88 Å². The zero-order chi connectivity index (χ0) is 14.0. The number of nitrogens with one attached hydrogen (secondary N) is 1. The van der Waals surface area contributed by atoms with Gasteiger partial charge in [-0.05, 0) is 19.8 Å². The van der Waals surface area contributed by atoms with Crippen LogP contribution in [0.3, 0.4) is 0 Å². The van der Waals surface area contributed by atoms with Crippen LogP contribution >= 0.6 is 0 Å². The average Bonchev–Trinajstić information content (AvgIpc) is 2.49. The minimum Gasteiger partial charge on any atom is -0.481 e. The number of hydrogen-bond donors (Lipinski definition) is 1. The number of aromatic nitrogens is 2. The topological polar surface area (TPSA) is 50.3 Å². The van der Waals surface area contributed by atoms with Gasteiger partial charge in [0.1, 0.15) is 12.1 Å². The maximum Gasteiger partial charge on any atom is 0.221 e. The lowest BCUT2D eigenvalue weighted by Gasteiger charge is -2.50. The maximum absolute atomic E-state index is 5.36. The van der Waals surface area contributed by atoms with E-state index in [4.69, 9.17) is 4.74 Å². The monoisotopic (exact) mass is 276 g/mol. The second-order valence-corrected chi connectivity index (χ2v) is 5.94. The van der Waals surface area contributed by atoms with Crippen LogP contribution in [0.15, 0.2) is 6.33 Å². The molecule has 0 unspecified atom stereocenters. The Kier molecular flexibility index (Phi) is 3.78. The first kappa shape index (κ1) is 13.6. The maximum atomic E-state index is 5.36. The Morgan fingerprint density at radius 1 is 1.25 bits per heavy atom. The van der Waals surface area contributed by atoms with Crippen LogP contribution in [-0.2, 0) is 0 Å². The number of methoxy groups -OCH3 is 1. The van der Waals surface area contributed by atoms with Gasteiger partial charge in [-0.25, -0.2) is 9.97 Å². The van der Waals surface area contributed by atoms with Crippen molar-refractivity contribution < 1.29 is 4.74 Å². The van der Waals surface area contributed by atoms with E-state index in [2.05, 4.69) is 27.1 Å². The molecule has 1 aromatic heterocycles. The lowest BCUT2D eigenvalue weighted by molar-refractivity contribution is 0.239. The Labute approximate surface area is 120 Å². The standard InChI is InChI=1S/C15H24N4O/c1-12-13(17-11-18-14(12)20-2)19-9-8-16-10-15(19)6-4-3-5-7-15/h11,16H,3-10H2,1-2H3. The van der Waals surface area contributed by atoms with E-state index in [0.717, 1.165) is 31.0 Å². The highest BCUT2D eigenvalue weighted by Gasteiger charge is 2.41. The van der Waals surface area contributed by atoms with Crippen LogP contribution in [0.1, 0.15) is 37.7 Å². The number of rotatable bonds is 2. The van der Waals surface area contributed by atoms with Crippen molar-refractivity contribution in [2.24, 2.45) is 0 Å². The molecule has 0 amide bonds. The van der Waals surface area contributed by atoms with E-state index < -0.39 is 0 Å². The van der Waals surface area contributed by atoms with Gasteiger partial charge >= 0.3 is 0 Å². The van der Waals surface area contributed by atoms with Gasteiger partial charge in [0.25, 0.3) is 0 Å². The molecule has 0 aromatic carbocycles. The van der Waals surface area contributed by atoms with Gasteiger partial charge in [-0.2, -0.15) is 0 Å². The number of piperazine rings is 1. The van der Waals surface area contributed by atoms with E-state index in [-0.39, 0.29) is 5.54 Å². The number of ether oxygens (including phenoxy) is 1. The predicted molar refractivity (Wildman–Crippen MR) is 79.4 cm³/mol. The Hall–Kier alpha value is -1.36. The van der Waals surface area contributed by atoms with Crippen molar-refractivity contribution in [3.05, 3.63) is 11.9 Å². The largest absolute Gasteiger partial charge is 0.481 e. The van der Waals surface area contributed by atoms with Crippen molar-refractivity contribution in [3.63, 3.8) is 0 Å². The molecular weight excluding hydrogens is 252 g/mol. The zero-order valence-electron chi connectivity index (χ0n) is 12.5. The Bertz CT molecular complexity index is 463. The Morgan fingerprint density at radius 3 is 2.80 bits per heavy atom. The van der Waals surface area contributed by atoms with Gasteiger partial charge in [-0.3, -0.25) is 0 Å². The fourth-order valence-electron chi connectivity index (χ4n) is 3.73. The minimum absolute atomic E-state index is 0.237. The molecule has 3 rings (SSSR count). The lowest BCUT2D eigenvalue weighted by Crippen LogP contribution is -2.62. The molecule has 1 N–H and O–H groups in total. The average molecular weight is 276 g/mol. The molecule has 110 valence electrons. The van der Waals surface area contributed by atoms with Gasteiger partial charge in [-0.1, -0.05) is 19.3 Å². The van der Waals surface area contributed by atoms with Crippen molar-refractivity contribution in [3.8, 4) is 5.88 Å². The van der Waals surface area contributed by atoms with Gasteiger partial charge in [0.15, 0.2) is 0 Å². The quantitative estimate of drug-likeness (QED) is 0.894. The second-order valence-electron chi connectivity index (χ2n) is 5.94. The van der Waals surface area contributed by atoms with Gasteiger partial charge in [0.05, 0.1) is 18.2 Å². The van der Waals surface area contributed by atoms with Crippen molar-refractivity contribution in [2.45, 2.75) is 44.6 Å². The molecular formula is C15H24N4O. The molecule has 1 spiro atoms. The normalized spacial score (nSPS) is 22.0. The van der Waals surface area contributed by atoms with Gasteiger partial charge in [-0.15, -0.1) is 0 Å². The fourth-order valence-corrected chi connectivity index (χ4v) is 3.73. The molecule has 0 atom stereocenters. The van der Waals surface area contributed by atoms with Crippen LogP contribution in [0.4, 0.5) is 5.82 Å². The summed E-state index contributed by atoms with van der Waals surface area (Å²) in [5, 5.41) is 3.58. The first-order valence-corrected chi connectivity index (χ1v) is 7.61. The molecule has 0 bridgehead atoms. The zero-order valence-corrected chi connectivity index (χ0v) is 12.5. The summed E-state index contributed by atoms with van der Waals surface area (Å²) in [5.41, 5.74) is 1.29. The van der Waals surface area contributed by atoms with Crippen molar-refractivity contribution >= 4 is 5.82 Å². The van der Waals surface area contributed by atoms with E-state index in [0.29, 0.717) is 5.88 Å². The summed E-state index contributed by atoms with van der Waals surface area (Å²) in [7, 11) is 1.67. The molecule has 1 aliphatic carbocycles. The summed E-state index contributed by atoms with van der Waals surface area (Å²) in [4.78, 5) is 11.3. The molecule has 2 fully saturated rings. The third-order valence-corrected chi connectivity index (χ3v) is 4.78. The summed E-state index contributed by atoms with van der Waals surface area (Å²) in [6.45, 7) is 5.17. The number of anilines is 1. The third kappa shape index (κ3) is 2.24. The first-order valence-electron chi connectivity index (χ1n) is 7.61. The summed E-state index contributed by atoms with van der Waals surface area (Å²) < 4.78 is 5.36. The second kappa shape index (κ2) is 5.56. The smallest absolute Gasteiger partial charge is 0.221 e. The molecule has 2 heterocycles. The predicted octanol–water partition coefficient (Wildman–Crippen LogP) is 1.91. The van der Waals surface area contributed by atoms with Crippen LogP contribution < -0.4 is 15.0 Å². The Balaban J connectivity index is 1.97. The highest BCUT2D eigenvalue weighted by molar-refractivity contribution is 5.53. The molecule has 5 heteroatoms. The van der Waals surface area contributed by atoms with Crippen LogP contribution in [0.5, 0.6) is 5.88 Å². The molecule has 1 aliphatic heterocycles. The van der Waals surface area contributed by atoms with Crippen molar-refractivity contribution in [1.82, 2.24) is 15.3 Å².